The zero-order valence-corrected chi connectivity index (χ0v) is 9.84. The zero-order chi connectivity index (χ0) is 11.7. The molecular weight excluding hydrogens is 206 g/mol. The molecule has 17 heavy (non-hydrogen) atoms. The van der Waals surface area contributed by atoms with Crippen molar-refractivity contribution in [3.63, 3.8) is 0 Å². The molecule has 3 rings (SSSR count). The smallest absolute Gasteiger partial charge is 0.0354 e. The Balaban J connectivity index is 2.12. The van der Waals surface area contributed by atoms with Crippen LogP contribution in [-0.2, 0) is 5.41 Å². The van der Waals surface area contributed by atoms with E-state index in [0.29, 0.717) is 0 Å². The van der Waals surface area contributed by atoms with Crippen LogP contribution in [0.2, 0.25) is 0 Å². The van der Waals surface area contributed by atoms with Gasteiger partial charge in [-0.25, -0.2) is 0 Å². The predicted molar refractivity (Wildman–Crippen MR) is 70.9 cm³/mol. The molecule has 0 aromatic heterocycles. The SMILES string of the molecule is NC1CCC1(c1ccccc1)c1ccccc1. The van der Waals surface area contributed by atoms with Gasteiger partial charge in [0.1, 0.15) is 0 Å². The number of hydrogen-bond donors (Lipinski definition) is 1. The van der Waals surface area contributed by atoms with E-state index in [2.05, 4.69) is 60.7 Å². The normalized spacial score (nSPS) is 21.8. The summed E-state index contributed by atoms with van der Waals surface area (Å²) in [6.07, 6.45) is 2.27. The zero-order valence-electron chi connectivity index (χ0n) is 9.84. The Hall–Kier alpha value is -1.60. The van der Waals surface area contributed by atoms with Gasteiger partial charge in [0.15, 0.2) is 0 Å². The Labute approximate surface area is 102 Å². The van der Waals surface area contributed by atoms with E-state index in [1.807, 2.05) is 0 Å². The van der Waals surface area contributed by atoms with Crippen LogP contribution in [0.3, 0.4) is 0 Å². The highest BCUT2D eigenvalue weighted by atomic mass is 14.7. The van der Waals surface area contributed by atoms with E-state index in [-0.39, 0.29) is 11.5 Å². The number of nitrogens with two attached hydrogens (primary N) is 1. The minimum atomic E-state index is 0.0442. The third-order valence-electron chi connectivity index (χ3n) is 4.06. The van der Waals surface area contributed by atoms with Crippen molar-refractivity contribution in [3.05, 3.63) is 71.8 Å². The summed E-state index contributed by atoms with van der Waals surface area (Å²) in [6, 6.07) is 21.6. The monoisotopic (exact) mass is 223 g/mol. The van der Waals surface area contributed by atoms with Gasteiger partial charge in [-0.3, -0.25) is 0 Å². The fourth-order valence-corrected chi connectivity index (χ4v) is 2.95. The fourth-order valence-electron chi connectivity index (χ4n) is 2.95. The van der Waals surface area contributed by atoms with Gasteiger partial charge in [-0.15, -0.1) is 0 Å². The van der Waals surface area contributed by atoms with Crippen LogP contribution >= 0.6 is 0 Å². The number of rotatable bonds is 2. The maximum absolute atomic E-state index is 6.32. The molecule has 0 saturated heterocycles. The second kappa shape index (κ2) is 4.01. The van der Waals surface area contributed by atoms with Gasteiger partial charge >= 0.3 is 0 Å². The van der Waals surface area contributed by atoms with E-state index in [1.54, 1.807) is 0 Å². The molecular formula is C16H17N. The lowest BCUT2D eigenvalue weighted by Gasteiger charge is -2.49. The highest BCUT2D eigenvalue weighted by molar-refractivity contribution is 5.44. The molecule has 2 aromatic carbocycles. The maximum atomic E-state index is 6.32. The summed E-state index contributed by atoms with van der Waals surface area (Å²) in [6.45, 7) is 0. The van der Waals surface area contributed by atoms with Crippen molar-refractivity contribution >= 4 is 0 Å². The molecule has 0 bridgehead atoms. The predicted octanol–water partition coefficient (Wildman–Crippen LogP) is 3.09. The Morgan fingerprint density at radius 2 is 1.29 bits per heavy atom. The van der Waals surface area contributed by atoms with E-state index in [4.69, 9.17) is 5.73 Å². The minimum absolute atomic E-state index is 0.0442. The number of hydrogen-bond acceptors (Lipinski definition) is 1. The van der Waals surface area contributed by atoms with Crippen molar-refractivity contribution in [2.45, 2.75) is 24.3 Å². The quantitative estimate of drug-likeness (QED) is 0.831. The summed E-state index contributed by atoms with van der Waals surface area (Å²) in [4.78, 5) is 0. The molecule has 1 nitrogen and oxygen atoms in total. The van der Waals surface area contributed by atoms with E-state index in [9.17, 15) is 0 Å². The van der Waals surface area contributed by atoms with Crippen molar-refractivity contribution in [2.75, 3.05) is 0 Å². The summed E-state index contributed by atoms with van der Waals surface area (Å²) < 4.78 is 0. The molecule has 0 heterocycles. The Morgan fingerprint density at radius 1 is 0.824 bits per heavy atom. The summed E-state index contributed by atoms with van der Waals surface area (Å²) in [5.41, 5.74) is 9.07. The molecule has 1 heteroatoms. The Kier molecular flexibility index (Phi) is 2.49. The third kappa shape index (κ3) is 1.50. The lowest BCUT2D eigenvalue weighted by atomic mass is 9.57. The highest BCUT2D eigenvalue weighted by Gasteiger charge is 2.47. The molecule has 86 valence electrons. The van der Waals surface area contributed by atoms with Crippen LogP contribution in [0.25, 0.3) is 0 Å². The molecule has 0 radical (unpaired) electrons. The Morgan fingerprint density at radius 3 is 1.59 bits per heavy atom. The van der Waals surface area contributed by atoms with Crippen molar-refractivity contribution in [1.29, 1.82) is 0 Å². The fraction of sp³-hybridized carbons (Fsp3) is 0.250. The van der Waals surface area contributed by atoms with E-state index in [1.165, 1.54) is 11.1 Å². The molecule has 1 fully saturated rings. The first kappa shape index (κ1) is 10.5. The molecule has 0 aliphatic heterocycles. The molecule has 0 amide bonds. The van der Waals surface area contributed by atoms with Crippen molar-refractivity contribution in [3.8, 4) is 0 Å². The van der Waals surface area contributed by atoms with Crippen molar-refractivity contribution < 1.29 is 0 Å². The lowest BCUT2D eigenvalue weighted by molar-refractivity contribution is 0.243. The molecule has 1 atom stereocenters. The summed E-state index contributed by atoms with van der Waals surface area (Å²) in [5.74, 6) is 0. The van der Waals surface area contributed by atoms with Crippen molar-refractivity contribution in [2.24, 2.45) is 5.73 Å². The van der Waals surface area contributed by atoms with E-state index in [0.717, 1.165) is 12.8 Å². The van der Waals surface area contributed by atoms with Gasteiger partial charge < -0.3 is 5.73 Å². The molecule has 1 saturated carbocycles. The van der Waals surface area contributed by atoms with Gasteiger partial charge in [0.25, 0.3) is 0 Å². The second-order valence-corrected chi connectivity index (χ2v) is 4.85. The Bertz CT molecular complexity index is 450. The molecule has 2 N–H and O–H groups in total. The first-order valence-corrected chi connectivity index (χ1v) is 6.21. The summed E-state index contributed by atoms with van der Waals surface area (Å²) >= 11 is 0. The van der Waals surface area contributed by atoms with Gasteiger partial charge in [0.2, 0.25) is 0 Å². The average Bonchev–Trinajstić information content (AvgIpc) is 2.40. The van der Waals surface area contributed by atoms with Gasteiger partial charge in [-0.05, 0) is 24.0 Å². The second-order valence-electron chi connectivity index (χ2n) is 4.85. The third-order valence-corrected chi connectivity index (χ3v) is 4.06. The van der Waals surface area contributed by atoms with Crippen LogP contribution in [0.5, 0.6) is 0 Å². The average molecular weight is 223 g/mol. The van der Waals surface area contributed by atoms with E-state index >= 15 is 0 Å². The van der Waals surface area contributed by atoms with Gasteiger partial charge in [-0.2, -0.15) is 0 Å². The van der Waals surface area contributed by atoms with Crippen LogP contribution in [0.15, 0.2) is 60.7 Å². The van der Waals surface area contributed by atoms with Crippen LogP contribution in [-0.4, -0.2) is 6.04 Å². The van der Waals surface area contributed by atoms with Gasteiger partial charge in [0, 0.05) is 11.5 Å². The van der Waals surface area contributed by atoms with Crippen LogP contribution in [0.1, 0.15) is 24.0 Å². The molecule has 2 aromatic rings. The van der Waals surface area contributed by atoms with Gasteiger partial charge in [0.05, 0.1) is 0 Å². The first-order chi connectivity index (χ1) is 8.34. The standard InChI is InChI=1S/C16H17N/c17-15-11-12-16(15,13-7-3-1-4-8-13)14-9-5-2-6-10-14/h1-10,15H,11-12,17H2. The van der Waals surface area contributed by atoms with Crippen LogP contribution < -0.4 is 5.73 Å². The molecule has 1 aliphatic carbocycles. The first-order valence-electron chi connectivity index (χ1n) is 6.21. The minimum Gasteiger partial charge on any atom is -0.327 e. The topological polar surface area (TPSA) is 26.0 Å². The molecule has 1 aliphatic rings. The highest BCUT2D eigenvalue weighted by Crippen LogP contribution is 2.47. The molecule has 0 spiro atoms. The van der Waals surface area contributed by atoms with Crippen LogP contribution in [0, 0.1) is 0 Å². The van der Waals surface area contributed by atoms with E-state index < -0.39 is 0 Å². The number of benzene rings is 2. The van der Waals surface area contributed by atoms with Crippen LogP contribution in [0.4, 0.5) is 0 Å². The summed E-state index contributed by atoms with van der Waals surface area (Å²) in [5, 5.41) is 0. The maximum Gasteiger partial charge on any atom is 0.0354 e. The summed E-state index contributed by atoms with van der Waals surface area (Å²) in [7, 11) is 0. The van der Waals surface area contributed by atoms with Crippen molar-refractivity contribution in [1.82, 2.24) is 0 Å². The molecule has 1 unspecified atom stereocenters. The van der Waals surface area contributed by atoms with Gasteiger partial charge in [-0.1, -0.05) is 60.7 Å². The largest absolute Gasteiger partial charge is 0.327 e. The lowest BCUT2D eigenvalue weighted by Crippen LogP contribution is -2.54.